The standard InChI is InChI=1S/C17H26O2/c1-2-13-19-14-16(18)17(11-7-4-8-12-17)15-9-5-3-6-10-15/h3,5-6,9-10,16,18H,2,4,7-8,11-14H2,1H3. The molecule has 106 valence electrons. The van der Waals surface area contributed by atoms with Gasteiger partial charge in [-0.25, -0.2) is 0 Å². The molecule has 0 aromatic heterocycles. The van der Waals surface area contributed by atoms with Gasteiger partial charge in [0, 0.05) is 12.0 Å². The van der Waals surface area contributed by atoms with Gasteiger partial charge in [0.2, 0.25) is 0 Å². The van der Waals surface area contributed by atoms with E-state index in [2.05, 4.69) is 31.2 Å². The summed E-state index contributed by atoms with van der Waals surface area (Å²) in [5.74, 6) is 0. The molecule has 0 aliphatic heterocycles. The molecule has 1 aliphatic carbocycles. The zero-order chi connectivity index (χ0) is 13.6. The molecule has 2 rings (SSSR count). The van der Waals surface area contributed by atoms with E-state index in [-0.39, 0.29) is 11.5 Å². The van der Waals surface area contributed by atoms with Crippen LogP contribution in [-0.2, 0) is 10.2 Å². The third-order valence-corrected chi connectivity index (χ3v) is 4.36. The second-order valence-electron chi connectivity index (χ2n) is 5.67. The number of benzene rings is 1. The van der Waals surface area contributed by atoms with Gasteiger partial charge in [-0.2, -0.15) is 0 Å². The molecule has 1 fully saturated rings. The van der Waals surface area contributed by atoms with Crippen LogP contribution in [0.2, 0.25) is 0 Å². The van der Waals surface area contributed by atoms with Gasteiger partial charge in [0.1, 0.15) is 0 Å². The van der Waals surface area contributed by atoms with Crippen molar-refractivity contribution >= 4 is 0 Å². The first-order valence-electron chi connectivity index (χ1n) is 7.61. The average molecular weight is 262 g/mol. The first-order valence-corrected chi connectivity index (χ1v) is 7.61. The Morgan fingerprint density at radius 3 is 2.47 bits per heavy atom. The Morgan fingerprint density at radius 2 is 1.84 bits per heavy atom. The van der Waals surface area contributed by atoms with E-state index in [0.29, 0.717) is 6.61 Å². The summed E-state index contributed by atoms with van der Waals surface area (Å²) < 4.78 is 5.59. The Balaban J connectivity index is 2.15. The monoisotopic (exact) mass is 262 g/mol. The molecule has 2 nitrogen and oxygen atoms in total. The minimum Gasteiger partial charge on any atom is -0.390 e. The fourth-order valence-corrected chi connectivity index (χ4v) is 3.27. The third-order valence-electron chi connectivity index (χ3n) is 4.36. The normalized spacial score (nSPS) is 20.1. The van der Waals surface area contributed by atoms with Crippen molar-refractivity contribution in [2.75, 3.05) is 13.2 Å². The first-order chi connectivity index (χ1) is 9.29. The van der Waals surface area contributed by atoms with E-state index in [9.17, 15) is 5.11 Å². The Kier molecular flexibility index (Phi) is 5.41. The smallest absolute Gasteiger partial charge is 0.0869 e. The van der Waals surface area contributed by atoms with Gasteiger partial charge in [-0.15, -0.1) is 0 Å². The Hall–Kier alpha value is -0.860. The van der Waals surface area contributed by atoms with Crippen LogP contribution in [0.5, 0.6) is 0 Å². The lowest BCUT2D eigenvalue weighted by Gasteiger charge is -2.41. The highest BCUT2D eigenvalue weighted by molar-refractivity contribution is 5.27. The lowest BCUT2D eigenvalue weighted by atomic mass is 9.66. The number of hydrogen-bond acceptors (Lipinski definition) is 2. The molecule has 0 spiro atoms. The molecule has 1 aliphatic rings. The largest absolute Gasteiger partial charge is 0.390 e. The van der Waals surface area contributed by atoms with Gasteiger partial charge in [0.05, 0.1) is 12.7 Å². The molecule has 1 N–H and O–H groups in total. The third kappa shape index (κ3) is 3.37. The zero-order valence-corrected chi connectivity index (χ0v) is 12.0. The maximum absolute atomic E-state index is 10.7. The van der Waals surface area contributed by atoms with Gasteiger partial charge in [0.15, 0.2) is 0 Å². The van der Waals surface area contributed by atoms with Crippen LogP contribution in [0.4, 0.5) is 0 Å². The van der Waals surface area contributed by atoms with E-state index in [1.54, 1.807) is 0 Å². The Morgan fingerprint density at radius 1 is 1.16 bits per heavy atom. The topological polar surface area (TPSA) is 29.5 Å². The summed E-state index contributed by atoms with van der Waals surface area (Å²) in [5.41, 5.74) is 1.19. The summed E-state index contributed by atoms with van der Waals surface area (Å²) in [4.78, 5) is 0. The van der Waals surface area contributed by atoms with Crippen molar-refractivity contribution in [1.29, 1.82) is 0 Å². The van der Waals surface area contributed by atoms with Gasteiger partial charge in [-0.1, -0.05) is 56.5 Å². The molecule has 1 atom stereocenters. The molecule has 1 aromatic rings. The zero-order valence-electron chi connectivity index (χ0n) is 12.0. The summed E-state index contributed by atoms with van der Waals surface area (Å²) >= 11 is 0. The van der Waals surface area contributed by atoms with Crippen LogP contribution >= 0.6 is 0 Å². The molecule has 19 heavy (non-hydrogen) atoms. The minimum atomic E-state index is -0.387. The van der Waals surface area contributed by atoms with Crippen LogP contribution in [0, 0.1) is 0 Å². The van der Waals surface area contributed by atoms with E-state index >= 15 is 0 Å². The van der Waals surface area contributed by atoms with E-state index in [1.165, 1.54) is 24.8 Å². The average Bonchev–Trinajstić information content (AvgIpc) is 2.49. The lowest BCUT2D eigenvalue weighted by molar-refractivity contribution is -0.0220. The molecule has 0 bridgehead atoms. The fraction of sp³-hybridized carbons (Fsp3) is 0.647. The number of aliphatic hydroxyl groups is 1. The highest BCUT2D eigenvalue weighted by atomic mass is 16.5. The summed E-state index contributed by atoms with van der Waals surface area (Å²) in [7, 11) is 0. The Labute approximate surface area is 116 Å². The van der Waals surface area contributed by atoms with Crippen LogP contribution in [-0.4, -0.2) is 24.4 Å². The highest BCUT2D eigenvalue weighted by Crippen LogP contribution is 2.42. The van der Waals surface area contributed by atoms with Crippen molar-refractivity contribution < 1.29 is 9.84 Å². The van der Waals surface area contributed by atoms with Crippen LogP contribution in [0.15, 0.2) is 30.3 Å². The maximum Gasteiger partial charge on any atom is 0.0869 e. The molecular formula is C17H26O2. The van der Waals surface area contributed by atoms with Gasteiger partial charge in [0.25, 0.3) is 0 Å². The van der Waals surface area contributed by atoms with Crippen LogP contribution in [0.25, 0.3) is 0 Å². The van der Waals surface area contributed by atoms with Crippen molar-refractivity contribution in [3.8, 4) is 0 Å². The molecule has 0 amide bonds. The first kappa shape index (κ1) is 14.5. The number of rotatable bonds is 6. The number of hydrogen-bond donors (Lipinski definition) is 1. The minimum absolute atomic E-state index is 0.0900. The number of aliphatic hydroxyl groups excluding tert-OH is 1. The van der Waals surface area contributed by atoms with Gasteiger partial charge in [-0.05, 0) is 24.8 Å². The molecule has 2 heteroatoms. The molecule has 0 saturated heterocycles. The van der Waals surface area contributed by atoms with Crippen molar-refractivity contribution in [3.05, 3.63) is 35.9 Å². The van der Waals surface area contributed by atoms with E-state index in [1.807, 2.05) is 6.07 Å². The second kappa shape index (κ2) is 7.06. The van der Waals surface area contributed by atoms with Gasteiger partial charge in [-0.3, -0.25) is 0 Å². The summed E-state index contributed by atoms with van der Waals surface area (Å²) in [6, 6.07) is 10.5. The molecule has 0 heterocycles. The van der Waals surface area contributed by atoms with E-state index in [4.69, 9.17) is 4.74 Å². The van der Waals surface area contributed by atoms with Gasteiger partial charge >= 0.3 is 0 Å². The van der Waals surface area contributed by atoms with Crippen molar-refractivity contribution in [1.82, 2.24) is 0 Å². The summed E-state index contributed by atoms with van der Waals surface area (Å²) in [6.07, 6.45) is 6.48. The van der Waals surface area contributed by atoms with Crippen molar-refractivity contribution in [2.24, 2.45) is 0 Å². The molecule has 0 radical (unpaired) electrons. The van der Waals surface area contributed by atoms with Crippen molar-refractivity contribution in [3.63, 3.8) is 0 Å². The highest BCUT2D eigenvalue weighted by Gasteiger charge is 2.40. The number of ether oxygens (including phenoxy) is 1. The van der Waals surface area contributed by atoms with Crippen LogP contribution in [0.3, 0.4) is 0 Å². The predicted molar refractivity (Wildman–Crippen MR) is 78.3 cm³/mol. The SMILES string of the molecule is CCCOCC(O)C1(c2ccccc2)CCCCC1. The van der Waals surface area contributed by atoms with Gasteiger partial charge < -0.3 is 9.84 Å². The van der Waals surface area contributed by atoms with Crippen molar-refractivity contribution in [2.45, 2.75) is 57.0 Å². The molecule has 1 aromatic carbocycles. The van der Waals surface area contributed by atoms with E-state index < -0.39 is 0 Å². The maximum atomic E-state index is 10.7. The van der Waals surface area contributed by atoms with Crippen LogP contribution < -0.4 is 0 Å². The summed E-state index contributed by atoms with van der Waals surface area (Å²) in [6.45, 7) is 3.30. The molecular weight excluding hydrogens is 236 g/mol. The molecule has 1 saturated carbocycles. The van der Waals surface area contributed by atoms with E-state index in [0.717, 1.165) is 25.9 Å². The molecule has 1 unspecified atom stereocenters. The quantitative estimate of drug-likeness (QED) is 0.793. The lowest BCUT2D eigenvalue weighted by Crippen LogP contribution is -2.44. The summed E-state index contributed by atoms with van der Waals surface area (Å²) in [5, 5.41) is 10.7. The predicted octanol–water partition coefficient (Wildman–Crippen LogP) is 3.68. The second-order valence-corrected chi connectivity index (χ2v) is 5.67. The Bertz CT molecular complexity index is 355. The van der Waals surface area contributed by atoms with Crippen LogP contribution in [0.1, 0.15) is 51.0 Å². The fourth-order valence-electron chi connectivity index (χ4n) is 3.27.